The molecule has 0 aliphatic carbocycles. The highest BCUT2D eigenvalue weighted by molar-refractivity contribution is 5.78. The highest BCUT2D eigenvalue weighted by Crippen LogP contribution is 2.29. The van der Waals surface area contributed by atoms with Gasteiger partial charge in [0.05, 0.1) is 12.5 Å². The highest BCUT2D eigenvalue weighted by atomic mass is 16.3. The van der Waals surface area contributed by atoms with Crippen molar-refractivity contribution in [2.75, 3.05) is 13.1 Å². The van der Waals surface area contributed by atoms with Gasteiger partial charge in [-0.05, 0) is 12.0 Å². The fourth-order valence-electron chi connectivity index (χ4n) is 2.44. The first-order chi connectivity index (χ1) is 8.49. The zero-order valence-electron chi connectivity index (χ0n) is 11.1. The molecule has 0 aromatic heterocycles. The molecule has 2 rings (SSSR count). The summed E-state index contributed by atoms with van der Waals surface area (Å²) in [5.74, 6) is 0.154. The number of carbonyl (C=O) groups excluding carboxylic acids is 1. The Balaban J connectivity index is 1.98. The lowest BCUT2D eigenvalue weighted by molar-refractivity contribution is -0.137. The van der Waals surface area contributed by atoms with Gasteiger partial charge in [-0.25, -0.2) is 0 Å². The molecule has 1 unspecified atom stereocenters. The molecule has 0 saturated carbocycles. The lowest BCUT2D eigenvalue weighted by atomic mass is 9.81. The molecule has 98 valence electrons. The summed E-state index contributed by atoms with van der Waals surface area (Å²) in [5.41, 5.74) is 0.844. The van der Waals surface area contributed by atoms with Crippen LogP contribution >= 0.6 is 0 Å². The zero-order chi connectivity index (χ0) is 13.2. The van der Waals surface area contributed by atoms with E-state index in [1.165, 1.54) is 0 Å². The van der Waals surface area contributed by atoms with Crippen molar-refractivity contribution in [3.05, 3.63) is 35.9 Å². The second-order valence-corrected chi connectivity index (χ2v) is 5.77. The van der Waals surface area contributed by atoms with Gasteiger partial charge in [0.1, 0.15) is 0 Å². The molecule has 1 aromatic carbocycles. The molecule has 1 aliphatic heterocycles. The molecule has 0 spiro atoms. The minimum absolute atomic E-state index is 0.154. The average molecular weight is 247 g/mol. The number of hydrogen-bond acceptors (Lipinski definition) is 2. The Kier molecular flexibility index (Phi) is 3.71. The van der Waals surface area contributed by atoms with Gasteiger partial charge in [-0.1, -0.05) is 44.2 Å². The Hall–Kier alpha value is -1.35. The number of nitrogens with zero attached hydrogens (tertiary/aromatic N) is 1. The Morgan fingerprint density at radius 1 is 1.39 bits per heavy atom. The average Bonchev–Trinajstić information content (AvgIpc) is 2.34. The van der Waals surface area contributed by atoms with Crippen molar-refractivity contribution in [3.8, 4) is 0 Å². The first kappa shape index (κ1) is 13.1. The van der Waals surface area contributed by atoms with E-state index in [2.05, 4.69) is 0 Å². The first-order valence-corrected chi connectivity index (χ1v) is 6.49. The normalized spacial score (nSPS) is 22.8. The van der Waals surface area contributed by atoms with Crippen molar-refractivity contribution in [2.45, 2.75) is 32.8 Å². The van der Waals surface area contributed by atoms with Gasteiger partial charge in [0.2, 0.25) is 5.91 Å². The molecular weight excluding hydrogens is 226 g/mol. The second kappa shape index (κ2) is 5.11. The van der Waals surface area contributed by atoms with Gasteiger partial charge >= 0.3 is 0 Å². The van der Waals surface area contributed by atoms with E-state index in [1.807, 2.05) is 49.1 Å². The smallest absolute Gasteiger partial charge is 0.227 e. The summed E-state index contributed by atoms with van der Waals surface area (Å²) in [6, 6.07) is 9.80. The Morgan fingerprint density at radius 3 is 2.67 bits per heavy atom. The highest BCUT2D eigenvalue weighted by Gasteiger charge is 2.36. The van der Waals surface area contributed by atoms with Gasteiger partial charge in [-0.3, -0.25) is 4.79 Å². The Labute approximate surface area is 108 Å². The van der Waals surface area contributed by atoms with Gasteiger partial charge < -0.3 is 10.0 Å². The quantitative estimate of drug-likeness (QED) is 0.866. The maximum atomic E-state index is 12.2. The van der Waals surface area contributed by atoms with E-state index >= 15 is 0 Å². The summed E-state index contributed by atoms with van der Waals surface area (Å²) in [6.45, 7) is 5.33. The fourth-order valence-corrected chi connectivity index (χ4v) is 2.44. The number of aliphatic hydroxyl groups excluding tert-OH is 1. The van der Waals surface area contributed by atoms with Crippen molar-refractivity contribution in [2.24, 2.45) is 5.41 Å². The molecule has 18 heavy (non-hydrogen) atoms. The van der Waals surface area contributed by atoms with Gasteiger partial charge in [0.25, 0.3) is 0 Å². The van der Waals surface area contributed by atoms with Gasteiger partial charge in [0.15, 0.2) is 0 Å². The number of rotatable bonds is 2. The molecule has 1 heterocycles. The molecule has 1 atom stereocenters. The van der Waals surface area contributed by atoms with E-state index in [1.54, 1.807) is 0 Å². The van der Waals surface area contributed by atoms with Crippen LogP contribution in [0.15, 0.2) is 30.3 Å². The molecular formula is C15H21NO2. The number of aliphatic hydroxyl groups is 1. The van der Waals surface area contributed by atoms with Crippen molar-refractivity contribution in [3.63, 3.8) is 0 Å². The number of amides is 1. The Morgan fingerprint density at radius 2 is 2.06 bits per heavy atom. The molecule has 0 radical (unpaired) electrons. The number of carbonyl (C=O) groups is 1. The van der Waals surface area contributed by atoms with Crippen molar-refractivity contribution >= 4 is 5.91 Å². The SMILES string of the molecule is CC1(C)CN(C(=O)Cc2ccccc2)CCC1O. The summed E-state index contributed by atoms with van der Waals surface area (Å²) in [7, 11) is 0. The minimum Gasteiger partial charge on any atom is -0.392 e. The predicted molar refractivity (Wildman–Crippen MR) is 71.1 cm³/mol. The standard InChI is InChI=1S/C15H21NO2/c1-15(2)11-16(9-8-13(15)17)14(18)10-12-6-4-3-5-7-12/h3-7,13,17H,8-11H2,1-2H3. The van der Waals surface area contributed by atoms with Crippen molar-refractivity contribution in [1.82, 2.24) is 4.90 Å². The van der Waals surface area contributed by atoms with E-state index in [9.17, 15) is 9.90 Å². The molecule has 3 nitrogen and oxygen atoms in total. The molecule has 1 aromatic rings. The van der Waals surface area contributed by atoms with Crippen LogP contribution in [0.5, 0.6) is 0 Å². The molecule has 0 bridgehead atoms. The van der Waals surface area contributed by atoms with Gasteiger partial charge in [0, 0.05) is 18.5 Å². The van der Waals surface area contributed by atoms with E-state index in [0.29, 0.717) is 25.9 Å². The maximum Gasteiger partial charge on any atom is 0.227 e. The van der Waals surface area contributed by atoms with Crippen LogP contribution in [0.3, 0.4) is 0 Å². The van der Waals surface area contributed by atoms with Crippen molar-refractivity contribution < 1.29 is 9.90 Å². The number of hydrogen-bond donors (Lipinski definition) is 1. The van der Waals surface area contributed by atoms with E-state index in [-0.39, 0.29) is 17.4 Å². The summed E-state index contributed by atoms with van der Waals surface area (Å²) in [5, 5.41) is 9.89. The summed E-state index contributed by atoms with van der Waals surface area (Å²) >= 11 is 0. The lowest BCUT2D eigenvalue weighted by Gasteiger charge is -2.41. The van der Waals surface area contributed by atoms with Crippen LogP contribution in [0.4, 0.5) is 0 Å². The van der Waals surface area contributed by atoms with E-state index in [0.717, 1.165) is 5.56 Å². The first-order valence-electron chi connectivity index (χ1n) is 6.49. The van der Waals surface area contributed by atoms with Crippen LogP contribution in [0.1, 0.15) is 25.8 Å². The van der Waals surface area contributed by atoms with Crippen LogP contribution in [0.2, 0.25) is 0 Å². The largest absolute Gasteiger partial charge is 0.392 e. The molecule has 1 amide bonds. The van der Waals surface area contributed by atoms with Crippen LogP contribution < -0.4 is 0 Å². The van der Waals surface area contributed by atoms with Crippen LogP contribution in [0, 0.1) is 5.41 Å². The van der Waals surface area contributed by atoms with Gasteiger partial charge in [-0.15, -0.1) is 0 Å². The summed E-state index contributed by atoms with van der Waals surface area (Å²) in [6.07, 6.45) is 0.818. The summed E-state index contributed by atoms with van der Waals surface area (Å²) in [4.78, 5) is 14.1. The van der Waals surface area contributed by atoms with E-state index in [4.69, 9.17) is 0 Å². The molecule has 1 aliphatic rings. The minimum atomic E-state index is -0.307. The molecule has 3 heteroatoms. The fraction of sp³-hybridized carbons (Fsp3) is 0.533. The maximum absolute atomic E-state index is 12.2. The molecule has 1 saturated heterocycles. The Bertz CT molecular complexity index is 414. The third-order valence-corrected chi connectivity index (χ3v) is 3.72. The molecule has 1 N–H and O–H groups in total. The topological polar surface area (TPSA) is 40.5 Å². The molecule has 1 fully saturated rings. The summed E-state index contributed by atoms with van der Waals surface area (Å²) < 4.78 is 0. The monoisotopic (exact) mass is 247 g/mol. The predicted octanol–water partition coefficient (Wildman–Crippen LogP) is 1.85. The van der Waals surface area contributed by atoms with Crippen LogP contribution in [-0.4, -0.2) is 35.1 Å². The van der Waals surface area contributed by atoms with E-state index < -0.39 is 0 Å². The zero-order valence-corrected chi connectivity index (χ0v) is 11.1. The third kappa shape index (κ3) is 2.91. The van der Waals surface area contributed by atoms with Crippen LogP contribution in [-0.2, 0) is 11.2 Å². The number of benzene rings is 1. The van der Waals surface area contributed by atoms with Gasteiger partial charge in [-0.2, -0.15) is 0 Å². The third-order valence-electron chi connectivity index (χ3n) is 3.72. The van der Waals surface area contributed by atoms with Crippen molar-refractivity contribution in [1.29, 1.82) is 0 Å². The lowest BCUT2D eigenvalue weighted by Crippen LogP contribution is -2.51. The van der Waals surface area contributed by atoms with Crippen LogP contribution in [0.25, 0.3) is 0 Å². The second-order valence-electron chi connectivity index (χ2n) is 5.77. The number of likely N-dealkylation sites (tertiary alicyclic amines) is 1. The number of piperidine rings is 1.